The van der Waals surface area contributed by atoms with Gasteiger partial charge < -0.3 is 4.74 Å². The monoisotopic (exact) mass is 416 g/mol. The van der Waals surface area contributed by atoms with Gasteiger partial charge in [-0.25, -0.2) is 4.39 Å². The van der Waals surface area contributed by atoms with Crippen molar-refractivity contribution in [3.8, 4) is 5.75 Å². The summed E-state index contributed by atoms with van der Waals surface area (Å²) in [5.41, 5.74) is 2.82. The van der Waals surface area contributed by atoms with Crippen LogP contribution in [0.25, 0.3) is 12.2 Å². The van der Waals surface area contributed by atoms with Crippen molar-refractivity contribution in [2.75, 3.05) is 0 Å². The molecule has 0 aliphatic carbocycles. The summed E-state index contributed by atoms with van der Waals surface area (Å²) in [6.07, 6.45) is -7.05. The molecule has 0 saturated carbocycles. The zero-order valence-electron chi connectivity index (χ0n) is 15.9. The zero-order chi connectivity index (χ0) is 21.5. The molecule has 0 saturated heterocycles. The molecule has 0 heterocycles. The lowest BCUT2D eigenvalue weighted by Crippen LogP contribution is -2.45. The van der Waals surface area contributed by atoms with Gasteiger partial charge in [0.2, 0.25) is 0 Å². The Labute approximate surface area is 166 Å². The molecule has 2 aromatic carbocycles. The Morgan fingerprint density at radius 2 is 1.34 bits per heavy atom. The first-order valence-corrected chi connectivity index (χ1v) is 9.26. The van der Waals surface area contributed by atoms with Gasteiger partial charge in [-0.05, 0) is 41.7 Å². The topological polar surface area (TPSA) is 9.23 Å². The van der Waals surface area contributed by atoms with E-state index in [4.69, 9.17) is 0 Å². The highest BCUT2D eigenvalue weighted by Gasteiger charge is 2.59. The second-order valence-electron chi connectivity index (χ2n) is 6.67. The molecular weight excluding hydrogens is 394 g/mol. The maximum Gasteiger partial charge on any atom is 0.439 e. The predicted molar refractivity (Wildman–Crippen MR) is 102 cm³/mol. The van der Waals surface area contributed by atoms with Gasteiger partial charge in [-0.3, -0.25) is 0 Å². The van der Waals surface area contributed by atoms with Crippen molar-refractivity contribution in [1.82, 2.24) is 0 Å². The fourth-order valence-electron chi connectivity index (χ4n) is 2.61. The molecule has 7 heteroatoms. The Hall–Kier alpha value is -2.44. The van der Waals surface area contributed by atoms with Crippen LogP contribution in [-0.2, 0) is 6.42 Å². The van der Waals surface area contributed by atoms with E-state index in [0.717, 1.165) is 30.5 Å². The van der Waals surface area contributed by atoms with E-state index in [1.807, 2.05) is 30.3 Å². The quantitative estimate of drug-likeness (QED) is 0.234. The first-order valence-electron chi connectivity index (χ1n) is 9.26. The summed E-state index contributed by atoms with van der Waals surface area (Å²) in [6, 6.07) is 12.9. The van der Waals surface area contributed by atoms with E-state index in [2.05, 4.69) is 11.7 Å². The Kier molecular flexibility index (Phi) is 7.76. The molecule has 158 valence electrons. The lowest BCUT2D eigenvalue weighted by atomic mass is 10.0. The van der Waals surface area contributed by atoms with Crippen LogP contribution in [-0.4, -0.2) is 18.5 Å². The molecule has 1 unspecified atom stereocenters. The summed E-state index contributed by atoms with van der Waals surface area (Å²) in [4.78, 5) is 0. The Morgan fingerprint density at radius 1 is 0.828 bits per heavy atom. The van der Waals surface area contributed by atoms with Crippen molar-refractivity contribution in [1.29, 1.82) is 0 Å². The Morgan fingerprint density at radius 3 is 1.83 bits per heavy atom. The van der Waals surface area contributed by atoms with Gasteiger partial charge in [0.1, 0.15) is 5.75 Å². The Balaban J connectivity index is 1.96. The molecule has 0 spiro atoms. The van der Waals surface area contributed by atoms with Crippen molar-refractivity contribution in [2.24, 2.45) is 0 Å². The van der Waals surface area contributed by atoms with Gasteiger partial charge in [0.15, 0.2) is 0 Å². The van der Waals surface area contributed by atoms with Gasteiger partial charge in [0.05, 0.1) is 0 Å². The average molecular weight is 416 g/mol. The average Bonchev–Trinajstić information content (AvgIpc) is 2.67. The van der Waals surface area contributed by atoms with Crippen LogP contribution in [0.1, 0.15) is 42.9 Å². The summed E-state index contributed by atoms with van der Waals surface area (Å²) in [7, 11) is 0. The minimum atomic E-state index is -5.71. The van der Waals surface area contributed by atoms with Gasteiger partial charge in [-0.2, -0.15) is 22.0 Å². The van der Waals surface area contributed by atoms with E-state index in [1.165, 1.54) is 30.5 Å². The SMILES string of the molecule is CCCCCc1ccc(/C=C/c2ccc(OC(F)(F)C(F)C(F)(F)F)cc2)cc1. The molecule has 2 rings (SSSR count). The van der Waals surface area contributed by atoms with Crippen molar-refractivity contribution in [3.63, 3.8) is 0 Å². The summed E-state index contributed by atoms with van der Waals surface area (Å²) in [5.74, 6) is -0.560. The molecule has 0 aromatic heterocycles. The number of aryl methyl sites for hydroxylation is 1. The lowest BCUT2D eigenvalue weighted by Gasteiger charge is -2.23. The molecule has 0 radical (unpaired) electrons. The van der Waals surface area contributed by atoms with Gasteiger partial charge in [0, 0.05) is 0 Å². The number of hydrogen-bond acceptors (Lipinski definition) is 1. The van der Waals surface area contributed by atoms with Crippen LogP contribution in [0.3, 0.4) is 0 Å². The third kappa shape index (κ3) is 7.15. The van der Waals surface area contributed by atoms with Crippen molar-refractivity contribution >= 4 is 12.2 Å². The van der Waals surface area contributed by atoms with E-state index in [9.17, 15) is 26.3 Å². The van der Waals surface area contributed by atoms with Crippen LogP contribution in [0, 0.1) is 0 Å². The van der Waals surface area contributed by atoms with Crippen LogP contribution in [0.2, 0.25) is 0 Å². The van der Waals surface area contributed by atoms with E-state index < -0.39 is 24.2 Å². The standard InChI is InChI=1S/C22H22F6O/c1-2-3-4-5-16-6-8-17(9-7-16)10-11-18-12-14-19(15-13-18)29-22(27,28)20(23)21(24,25)26/h6-15,20H,2-5H2,1H3/b11-10+. The Bertz CT molecular complexity index is 778. The fourth-order valence-corrected chi connectivity index (χ4v) is 2.61. The number of benzene rings is 2. The maximum atomic E-state index is 13.3. The molecule has 0 amide bonds. The third-order valence-electron chi connectivity index (χ3n) is 4.23. The second kappa shape index (κ2) is 9.85. The van der Waals surface area contributed by atoms with E-state index in [1.54, 1.807) is 6.08 Å². The second-order valence-corrected chi connectivity index (χ2v) is 6.67. The van der Waals surface area contributed by atoms with Crippen molar-refractivity contribution in [3.05, 3.63) is 65.2 Å². The van der Waals surface area contributed by atoms with Crippen molar-refractivity contribution < 1.29 is 31.1 Å². The van der Waals surface area contributed by atoms with E-state index in [0.29, 0.717) is 5.56 Å². The minimum Gasteiger partial charge on any atom is -0.430 e. The van der Waals surface area contributed by atoms with Gasteiger partial charge in [-0.15, -0.1) is 0 Å². The molecule has 0 aliphatic rings. The molecule has 29 heavy (non-hydrogen) atoms. The number of rotatable bonds is 9. The lowest BCUT2D eigenvalue weighted by molar-refractivity contribution is -0.304. The number of ether oxygens (including phenoxy) is 1. The summed E-state index contributed by atoms with van der Waals surface area (Å²) in [6.45, 7) is 2.15. The highest BCUT2D eigenvalue weighted by molar-refractivity contribution is 5.69. The molecular formula is C22H22F6O. The number of alkyl halides is 6. The van der Waals surface area contributed by atoms with E-state index in [-0.39, 0.29) is 0 Å². The van der Waals surface area contributed by atoms with Gasteiger partial charge >= 0.3 is 12.3 Å². The van der Waals surface area contributed by atoms with Crippen LogP contribution < -0.4 is 4.74 Å². The van der Waals surface area contributed by atoms with Gasteiger partial charge in [-0.1, -0.05) is 68.3 Å². The molecule has 0 fully saturated rings. The van der Waals surface area contributed by atoms with Crippen molar-refractivity contribution in [2.45, 2.75) is 51.1 Å². The summed E-state index contributed by atoms with van der Waals surface area (Å²) in [5, 5.41) is 0. The van der Waals surface area contributed by atoms with Crippen LogP contribution in [0.5, 0.6) is 5.75 Å². The molecule has 0 bridgehead atoms. The number of unbranched alkanes of at least 4 members (excludes halogenated alkanes) is 2. The largest absolute Gasteiger partial charge is 0.439 e. The maximum absolute atomic E-state index is 13.3. The highest BCUT2D eigenvalue weighted by atomic mass is 19.4. The number of hydrogen-bond donors (Lipinski definition) is 0. The smallest absolute Gasteiger partial charge is 0.430 e. The molecule has 1 atom stereocenters. The molecule has 0 N–H and O–H groups in total. The normalized spacial score (nSPS) is 13.6. The minimum absolute atomic E-state index is 0.560. The molecule has 2 aromatic rings. The summed E-state index contributed by atoms with van der Waals surface area (Å²) < 4.78 is 79.7. The molecule has 0 aliphatic heterocycles. The first-order chi connectivity index (χ1) is 13.6. The van der Waals surface area contributed by atoms with Gasteiger partial charge in [0.25, 0.3) is 6.17 Å². The van der Waals surface area contributed by atoms with Crippen LogP contribution in [0.15, 0.2) is 48.5 Å². The zero-order valence-corrected chi connectivity index (χ0v) is 15.9. The first kappa shape index (κ1) is 22.8. The predicted octanol–water partition coefficient (Wildman–Crippen LogP) is 7.46. The van der Waals surface area contributed by atoms with Crippen LogP contribution in [0.4, 0.5) is 26.3 Å². The fraction of sp³-hybridized carbons (Fsp3) is 0.364. The highest BCUT2D eigenvalue weighted by Crippen LogP contribution is 2.36. The number of halogens is 6. The van der Waals surface area contributed by atoms with E-state index >= 15 is 0 Å². The molecule has 1 nitrogen and oxygen atoms in total. The summed E-state index contributed by atoms with van der Waals surface area (Å²) >= 11 is 0. The third-order valence-corrected chi connectivity index (χ3v) is 4.23. The van der Waals surface area contributed by atoms with Crippen LogP contribution >= 0.6 is 0 Å².